The molecule has 0 fully saturated rings. The third kappa shape index (κ3) is 32.5. The molecule has 0 saturated heterocycles. The number of anilines is 7. The number of hydrogen-bond acceptors (Lipinski definition) is 11. The number of nitrogens with one attached hydrogen (secondary N) is 2. The molecule has 8 aromatic rings. The minimum absolute atomic E-state index is 0.00694. The summed E-state index contributed by atoms with van der Waals surface area (Å²) >= 11 is 0. The predicted molar refractivity (Wildman–Crippen MR) is 352 cm³/mol. The fraction of sp³-hybridized carbons (Fsp3) is 0.273. The summed E-state index contributed by atoms with van der Waals surface area (Å²) in [6.07, 6.45) is 0. The smallest absolute Gasteiger partial charge is 0.295 e. The van der Waals surface area contributed by atoms with Crippen molar-refractivity contribution in [3.63, 3.8) is 0 Å². The van der Waals surface area contributed by atoms with Crippen molar-refractivity contribution < 1.29 is 20.3 Å². The van der Waals surface area contributed by atoms with Gasteiger partial charge in [-0.05, 0) is 102 Å². The van der Waals surface area contributed by atoms with E-state index >= 15 is 0 Å². The Kier molecular flexibility index (Phi) is 45.2. The van der Waals surface area contributed by atoms with Crippen LogP contribution in [0.25, 0.3) is 0 Å². The van der Waals surface area contributed by atoms with Crippen molar-refractivity contribution in [1.29, 1.82) is 0 Å². The summed E-state index contributed by atoms with van der Waals surface area (Å²) in [5.74, 6) is 0. The molecule has 0 unspecified atom stereocenters. The Balaban J connectivity index is -0.000000211. The quantitative estimate of drug-likeness (QED) is 0.0572. The van der Waals surface area contributed by atoms with Crippen molar-refractivity contribution in [3.05, 3.63) is 258 Å². The number of nitro benzene ring substituents is 3. The van der Waals surface area contributed by atoms with Gasteiger partial charge in [-0.2, -0.15) is 0 Å². The lowest BCUT2D eigenvalue weighted by molar-refractivity contribution is -0.386. The number of hydrogen-bond donors (Lipinski definition) is 5. The van der Waals surface area contributed by atoms with E-state index < -0.39 is 4.92 Å². The molecule has 438 valence electrons. The highest BCUT2D eigenvalue weighted by atomic mass is 16.6. The van der Waals surface area contributed by atoms with Gasteiger partial charge in [0.2, 0.25) is 0 Å². The van der Waals surface area contributed by atoms with E-state index in [-0.39, 0.29) is 32.6 Å². The normalized spacial score (nSPS) is 8.78. The maximum absolute atomic E-state index is 11.0. The highest BCUT2D eigenvalue weighted by Gasteiger charge is 2.17. The highest BCUT2D eigenvalue weighted by molar-refractivity contribution is 5.75. The minimum atomic E-state index is -0.468. The van der Waals surface area contributed by atoms with E-state index in [2.05, 4.69) is 29.7 Å². The molecular weight excluding hydrogens is 1000 g/mol. The number of nitrogen functional groups attached to an aromatic ring is 3. The lowest BCUT2D eigenvalue weighted by Gasteiger charge is -2.10. The van der Waals surface area contributed by atoms with Crippen molar-refractivity contribution in [2.75, 3.05) is 27.8 Å². The van der Waals surface area contributed by atoms with Gasteiger partial charge in [0, 0.05) is 44.8 Å². The van der Waals surface area contributed by atoms with Gasteiger partial charge in [0.25, 0.3) is 17.1 Å². The number of benzene rings is 8. The number of nitro groups is 3. The van der Waals surface area contributed by atoms with Gasteiger partial charge >= 0.3 is 0 Å². The van der Waals surface area contributed by atoms with Crippen molar-refractivity contribution in [1.82, 2.24) is 0 Å². The summed E-state index contributed by atoms with van der Waals surface area (Å²) in [4.78, 5) is 30.6. The zero-order valence-electron chi connectivity index (χ0n) is 55.0. The summed E-state index contributed by atoms with van der Waals surface area (Å²) in [5.41, 5.74) is 27.4. The van der Waals surface area contributed by atoms with E-state index in [4.69, 9.17) is 22.7 Å². The Morgan fingerprint density at radius 1 is 0.350 bits per heavy atom. The largest absolute Gasteiger partial charge is 0.399 e. The number of nitrogens with zero attached hydrogens (tertiary/aromatic N) is 3. The Labute approximate surface area is 487 Å². The fourth-order valence-corrected chi connectivity index (χ4v) is 6.16. The van der Waals surface area contributed by atoms with E-state index in [0.29, 0.717) is 16.8 Å². The molecule has 0 aliphatic rings. The summed E-state index contributed by atoms with van der Waals surface area (Å²) in [7, 11) is 5.00. The van der Waals surface area contributed by atoms with Gasteiger partial charge in [-0.25, -0.2) is 0 Å². The van der Waals surface area contributed by atoms with Crippen molar-refractivity contribution in [3.8, 4) is 0 Å². The number of aryl methyl sites for hydroxylation is 6. The molecule has 0 saturated carbocycles. The van der Waals surface area contributed by atoms with Crippen LogP contribution >= 0.6 is 0 Å². The second kappa shape index (κ2) is 49.5. The lowest BCUT2D eigenvalue weighted by atomic mass is 10.1. The average Bonchev–Trinajstić information content (AvgIpc) is 3.70. The Morgan fingerprint density at radius 2 is 0.637 bits per heavy atom. The second-order valence-electron chi connectivity index (χ2n) is 15.1. The topological polar surface area (TPSA) is 232 Å². The van der Waals surface area contributed by atoms with Gasteiger partial charge < -0.3 is 27.8 Å². The molecule has 14 heteroatoms. The van der Waals surface area contributed by atoms with Crippen LogP contribution in [-0.2, 0) is 0 Å². The van der Waals surface area contributed by atoms with Gasteiger partial charge in [0.15, 0.2) is 0 Å². The molecule has 14 nitrogen and oxygen atoms in total. The molecular formula is C66H98N8O6. The predicted octanol–water partition coefficient (Wildman–Crippen LogP) is 20.6. The van der Waals surface area contributed by atoms with Crippen LogP contribution in [0.4, 0.5) is 56.9 Å². The highest BCUT2D eigenvalue weighted by Crippen LogP contribution is 2.31. The average molecular weight is 1110 g/mol. The van der Waals surface area contributed by atoms with Gasteiger partial charge in [-0.1, -0.05) is 230 Å². The molecule has 0 heterocycles. The van der Waals surface area contributed by atoms with Gasteiger partial charge in [-0.3, -0.25) is 30.3 Å². The zero-order valence-corrected chi connectivity index (χ0v) is 51.0. The fourth-order valence-electron chi connectivity index (χ4n) is 6.16. The lowest BCUT2D eigenvalue weighted by Crippen LogP contribution is -1.98. The van der Waals surface area contributed by atoms with E-state index in [1.807, 2.05) is 196 Å². The molecule has 0 radical (unpaired) electrons. The first-order chi connectivity index (χ1) is 40.5. The van der Waals surface area contributed by atoms with E-state index in [1.54, 1.807) is 70.2 Å². The third-order valence-electron chi connectivity index (χ3n) is 9.66. The molecule has 8 aromatic carbocycles. The molecule has 0 aromatic heterocycles. The standard InChI is InChI=1S/C13H12N2O2.C13H14N2.C8H9NO2.C7H8N2O2.C7H8.C6H7N.4C2H6.4CH4/c1-10-6-5-9-12(13(10)15(16)17)14-11-7-3-2-4-8-11;1-10-6-5-9-12(13(10)14)15-11-7-3-2-4-8-11;1-6-4-3-5-7(2)8(6)9(10)11;1-5-3-2-4-6(8)7(5)9(10)11;1-7-5-3-2-4-6-7;7-6-4-2-1-3-5-6;4*1-2;;;;/h2-9,14H,1H3;2-9,15H,14H2,1H3;3-5H,1-2H3;2-4H,8H2,1H3;2-6H,1H3;1-5H,7H2;4*1-2H3;4*1H4/i;;;;;;;;;;4*1T. The summed E-state index contributed by atoms with van der Waals surface area (Å²) < 4.78 is 23.0. The van der Waals surface area contributed by atoms with Gasteiger partial charge in [-0.15, -0.1) is 0 Å². The number of nitrogens with two attached hydrogens (primary N) is 3. The molecule has 0 aliphatic heterocycles. The maximum atomic E-state index is 11.0. The molecule has 0 amide bonds. The van der Waals surface area contributed by atoms with Crippen LogP contribution in [0, 0.1) is 71.9 Å². The van der Waals surface area contributed by atoms with Crippen molar-refractivity contribution in [2.45, 2.75) is 127 Å². The van der Waals surface area contributed by atoms with Crippen LogP contribution < -0.4 is 27.8 Å². The zero-order chi connectivity index (χ0) is 66.0. The Hall–Kier alpha value is -9.04. The van der Waals surface area contributed by atoms with Gasteiger partial charge in [0.1, 0.15) is 11.4 Å². The molecule has 0 atom stereocenters. The number of rotatable bonds is 7. The van der Waals surface area contributed by atoms with Crippen LogP contribution in [-0.4, -0.2) is 14.8 Å². The maximum Gasteiger partial charge on any atom is 0.295 e. The van der Waals surface area contributed by atoms with E-state index in [1.165, 1.54) is 41.2 Å². The molecule has 8 rings (SSSR count). The molecule has 0 bridgehead atoms. The molecule has 0 spiro atoms. The first-order valence-corrected chi connectivity index (χ1v) is 25.3. The second-order valence-corrected chi connectivity index (χ2v) is 15.1. The van der Waals surface area contributed by atoms with Crippen LogP contribution in [0.2, 0.25) is 0 Å². The van der Waals surface area contributed by atoms with E-state index in [9.17, 15) is 30.3 Å². The van der Waals surface area contributed by atoms with Gasteiger partial charge in [0.05, 0.1) is 26.1 Å². The first-order valence-electron chi connectivity index (χ1n) is 29.3. The van der Waals surface area contributed by atoms with Crippen LogP contribution in [0.15, 0.2) is 194 Å². The number of para-hydroxylation sites is 7. The third-order valence-corrected chi connectivity index (χ3v) is 9.66. The molecule has 0 aliphatic carbocycles. The molecule has 8 N–H and O–H groups in total. The Bertz CT molecular complexity index is 2700. The summed E-state index contributed by atoms with van der Waals surface area (Å²) in [5, 5.41) is 38.2. The van der Waals surface area contributed by atoms with Crippen LogP contribution in [0.3, 0.4) is 0 Å². The SMILES string of the molecule is CC.CC.CC.CC.Cc1cccc(C)c1[N+](=O)[O-].Cc1cccc(N)c1[N+](=O)[O-].Cc1cccc(Nc2ccccc2)c1N.Cc1cccc(Nc2ccccc2)c1[N+](=O)[O-].Cc1ccccc1.Nc1ccccc1.[3H]C.[3H]C.[3H]C.[3H]C. The van der Waals surface area contributed by atoms with Crippen molar-refractivity contribution >= 4 is 56.9 Å². The van der Waals surface area contributed by atoms with Crippen LogP contribution in [0.5, 0.6) is 0 Å². The first kappa shape index (κ1) is 73.0. The minimum Gasteiger partial charge on any atom is -0.399 e. The van der Waals surface area contributed by atoms with Crippen LogP contribution in [0.1, 0.15) is 124 Å². The van der Waals surface area contributed by atoms with Crippen molar-refractivity contribution in [2.24, 2.45) is 0 Å². The monoisotopic (exact) mass is 1110 g/mol. The van der Waals surface area contributed by atoms with E-state index in [0.717, 1.165) is 45.1 Å². The Morgan fingerprint density at radius 3 is 0.938 bits per heavy atom. The molecule has 80 heavy (non-hydrogen) atoms. The summed E-state index contributed by atoms with van der Waals surface area (Å²) in [6, 6.07) is 60.5. The summed E-state index contributed by atoms with van der Waals surface area (Å²) in [6.45, 7) is 27.0.